The molecule has 7 nitrogen and oxygen atoms in total. The number of halogens is 4. The van der Waals surface area contributed by atoms with Gasteiger partial charge < -0.3 is 19.7 Å². The zero-order valence-electron chi connectivity index (χ0n) is 18.9. The second-order valence-electron chi connectivity index (χ2n) is 8.82. The Kier molecular flexibility index (Phi) is 7.32. The molecular formula is C23H25F4N3O4. The molecule has 1 aromatic carbocycles. The minimum absolute atomic E-state index is 0.0643. The summed E-state index contributed by atoms with van der Waals surface area (Å²) in [5, 5.41) is 2.25. The van der Waals surface area contributed by atoms with Crippen molar-refractivity contribution in [3.63, 3.8) is 0 Å². The molecule has 1 N–H and O–H groups in total. The molecule has 2 heterocycles. The molecule has 1 aliphatic heterocycles. The van der Waals surface area contributed by atoms with Gasteiger partial charge >= 0.3 is 12.3 Å². The number of rotatable bonds is 5. The Balaban J connectivity index is 1.77. The van der Waals surface area contributed by atoms with Crippen LogP contribution in [-0.2, 0) is 10.9 Å². The SMILES string of the molecule is CC(C)(C)OC(=O)N1CCCC1COc1cc(NC(=O)c2cccnc2F)cc(C(F)(F)F)c1. The number of nitrogens with zero attached hydrogens (tertiary/aromatic N) is 2. The highest BCUT2D eigenvalue weighted by atomic mass is 19.4. The quantitative estimate of drug-likeness (QED) is 0.463. The first-order valence-corrected chi connectivity index (χ1v) is 10.6. The highest BCUT2D eigenvalue weighted by molar-refractivity contribution is 6.04. The summed E-state index contributed by atoms with van der Waals surface area (Å²) >= 11 is 0. The van der Waals surface area contributed by atoms with Crippen LogP contribution < -0.4 is 10.1 Å². The van der Waals surface area contributed by atoms with Gasteiger partial charge in [-0.1, -0.05) is 0 Å². The smallest absolute Gasteiger partial charge is 0.416 e. The first-order chi connectivity index (χ1) is 15.8. The number of ether oxygens (including phenoxy) is 2. The fraction of sp³-hybridized carbons (Fsp3) is 0.435. The van der Waals surface area contributed by atoms with E-state index in [1.807, 2.05) is 0 Å². The molecule has 184 valence electrons. The zero-order valence-corrected chi connectivity index (χ0v) is 18.9. The number of likely N-dealkylation sites (tertiary alicyclic amines) is 1. The molecule has 11 heteroatoms. The molecule has 1 aromatic heterocycles. The fourth-order valence-electron chi connectivity index (χ4n) is 3.43. The highest BCUT2D eigenvalue weighted by Crippen LogP contribution is 2.35. The summed E-state index contributed by atoms with van der Waals surface area (Å²) in [6.07, 6.45) is -2.79. The minimum Gasteiger partial charge on any atom is -0.491 e. The molecule has 0 bridgehead atoms. The Morgan fingerprint density at radius 3 is 2.59 bits per heavy atom. The highest BCUT2D eigenvalue weighted by Gasteiger charge is 2.34. The maximum atomic E-state index is 13.8. The van der Waals surface area contributed by atoms with Crippen molar-refractivity contribution in [1.29, 1.82) is 0 Å². The van der Waals surface area contributed by atoms with Gasteiger partial charge in [0.2, 0.25) is 5.95 Å². The van der Waals surface area contributed by atoms with Crippen LogP contribution in [0.15, 0.2) is 36.5 Å². The van der Waals surface area contributed by atoms with Gasteiger partial charge in [0, 0.05) is 24.5 Å². The van der Waals surface area contributed by atoms with Crippen molar-refractivity contribution in [1.82, 2.24) is 9.88 Å². The molecule has 2 amide bonds. The van der Waals surface area contributed by atoms with Gasteiger partial charge in [-0.05, 0) is 57.9 Å². The maximum Gasteiger partial charge on any atom is 0.416 e. The maximum absolute atomic E-state index is 13.8. The molecular weight excluding hydrogens is 458 g/mol. The van der Waals surface area contributed by atoms with Gasteiger partial charge in [-0.15, -0.1) is 0 Å². The summed E-state index contributed by atoms with van der Waals surface area (Å²) in [5.74, 6) is -2.16. The molecule has 2 aromatic rings. The van der Waals surface area contributed by atoms with E-state index in [0.29, 0.717) is 19.4 Å². The summed E-state index contributed by atoms with van der Waals surface area (Å²) in [4.78, 5) is 29.6. The molecule has 3 rings (SSSR count). The monoisotopic (exact) mass is 483 g/mol. The summed E-state index contributed by atoms with van der Waals surface area (Å²) in [6.45, 7) is 5.60. The average Bonchev–Trinajstić information content (AvgIpc) is 3.19. The molecule has 1 fully saturated rings. The summed E-state index contributed by atoms with van der Waals surface area (Å²) < 4.78 is 65.0. The first kappa shape index (κ1) is 25.3. The lowest BCUT2D eigenvalue weighted by molar-refractivity contribution is -0.137. The second-order valence-corrected chi connectivity index (χ2v) is 8.82. The van der Waals surface area contributed by atoms with Crippen LogP contribution in [0.2, 0.25) is 0 Å². The van der Waals surface area contributed by atoms with Gasteiger partial charge in [0.15, 0.2) is 0 Å². The van der Waals surface area contributed by atoms with Gasteiger partial charge in [-0.3, -0.25) is 4.79 Å². The van der Waals surface area contributed by atoms with Gasteiger partial charge in [-0.2, -0.15) is 17.6 Å². The number of aromatic nitrogens is 1. The third-order valence-corrected chi connectivity index (χ3v) is 4.94. The summed E-state index contributed by atoms with van der Waals surface area (Å²) in [7, 11) is 0. The molecule has 34 heavy (non-hydrogen) atoms. The van der Waals surface area contributed by atoms with E-state index >= 15 is 0 Å². The topological polar surface area (TPSA) is 80.8 Å². The number of nitrogens with one attached hydrogen (secondary N) is 1. The van der Waals surface area contributed by atoms with Gasteiger partial charge in [0.1, 0.15) is 18.0 Å². The predicted molar refractivity (Wildman–Crippen MR) is 115 cm³/mol. The minimum atomic E-state index is -4.71. The van der Waals surface area contributed by atoms with Gasteiger partial charge in [0.05, 0.1) is 17.2 Å². The van der Waals surface area contributed by atoms with E-state index in [1.165, 1.54) is 17.0 Å². The van der Waals surface area contributed by atoms with Crippen molar-refractivity contribution in [2.45, 2.75) is 51.4 Å². The first-order valence-electron chi connectivity index (χ1n) is 10.6. The lowest BCUT2D eigenvalue weighted by Gasteiger charge is -2.28. The number of carbonyl (C=O) groups excluding carboxylic acids is 2. The number of alkyl halides is 3. The largest absolute Gasteiger partial charge is 0.491 e. The van der Waals surface area contributed by atoms with Crippen LogP contribution in [0, 0.1) is 5.95 Å². The van der Waals surface area contributed by atoms with E-state index in [-0.39, 0.29) is 24.1 Å². The van der Waals surface area contributed by atoms with Gasteiger partial charge in [-0.25, -0.2) is 9.78 Å². The molecule has 0 radical (unpaired) electrons. The van der Waals surface area contributed by atoms with E-state index in [9.17, 15) is 27.2 Å². The summed E-state index contributed by atoms with van der Waals surface area (Å²) in [5.41, 5.74) is -2.38. The number of carbonyl (C=O) groups is 2. The number of anilines is 1. The lowest BCUT2D eigenvalue weighted by atomic mass is 10.1. The van der Waals surface area contributed by atoms with Crippen molar-refractivity contribution < 1.29 is 36.6 Å². The van der Waals surface area contributed by atoms with E-state index in [1.54, 1.807) is 20.8 Å². The number of amides is 2. The normalized spacial score (nSPS) is 16.3. The number of pyridine rings is 1. The third-order valence-electron chi connectivity index (χ3n) is 4.94. The van der Waals surface area contributed by atoms with Crippen molar-refractivity contribution in [2.75, 3.05) is 18.5 Å². The molecule has 1 atom stereocenters. The Hall–Kier alpha value is -3.37. The van der Waals surface area contributed by atoms with E-state index in [2.05, 4.69) is 10.3 Å². The lowest BCUT2D eigenvalue weighted by Crippen LogP contribution is -2.42. The van der Waals surface area contributed by atoms with Crippen LogP contribution >= 0.6 is 0 Å². The van der Waals surface area contributed by atoms with E-state index < -0.39 is 40.9 Å². The average molecular weight is 483 g/mol. The second kappa shape index (κ2) is 9.86. The molecule has 1 unspecified atom stereocenters. The van der Waals surface area contributed by atoms with E-state index in [0.717, 1.165) is 24.4 Å². The Bertz CT molecular complexity index is 1050. The molecule has 0 aliphatic carbocycles. The van der Waals surface area contributed by atoms with Crippen LogP contribution in [0.1, 0.15) is 49.5 Å². The van der Waals surface area contributed by atoms with Crippen LogP contribution in [0.5, 0.6) is 5.75 Å². The fourth-order valence-corrected chi connectivity index (χ4v) is 3.43. The van der Waals surface area contributed by atoms with Crippen LogP contribution in [0.25, 0.3) is 0 Å². The molecule has 1 saturated heterocycles. The molecule has 1 aliphatic rings. The van der Waals surface area contributed by atoms with Crippen LogP contribution in [0.4, 0.5) is 28.0 Å². The number of hydrogen-bond donors (Lipinski definition) is 1. The summed E-state index contributed by atoms with van der Waals surface area (Å²) in [6, 6.07) is 4.83. The predicted octanol–water partition coefficient (Wildman–Crippen LogP) is 5.27. The van der Waals surface area contributed by atoms with Crippen molar-refractivity contribution in [3.05, 3.63) is 53.6 Å². The standard InChI is InChI=1S/C23H25F4N3O4/c1-22(2,3)34-21(32)30-9-5-6-16(30)13-33-17-11-14(23(25,26)27)10-15(12-17)29-20(31)18-7-4-8-28-19(18)24/h4,7-8,10-12,16H,5-6,9,13H2,1-3H3,(H,29,31). The molecule has 0 spiro atoms. The van der Waals surface area contributed by atoms with E-state index in [4.69, 9.17) is 9.47 Å². The Morgan fingerprint density at radius 1 is 1.21 bits per heavy atom. The Morgan fingerprint density at radius 2 is 1.94 bits per heavy atom. The van der Waals surface area contributed by atoms with Crippen molar-refractivity contribution >= 4 is 17.7 Å². The number of hydrogen-bond acceptors (Lipinski definition) is 5. The van der Waals surface area contributed by atoms with Crippen molar-refractivity contribution in [3.8, 4) is 5.75 Å². The molecule has 0 saturated carbocycles. The van der Waals surface area contributed by atoms with Crippen LogP contribution in [-0.4, -0.2) is 46.7 Å². The third kappa shape index (κ3) is 6.58. The van der Waals surface area contributed by atoms with Gasteiger partial charge in [0.25, 0.3) is 5.91 Å². The Labute approximate surface area is 194 Å². The zero-order chi connectivity index (χ0) is 25.1. The van der Waals surface area contributed by atoms with Crippen molar-refractivity contribution in [2.24, 2.45) is 0 Å². The number of benzene rings is 1. The van der Waals surface area contributed by atoms with Crippen LogP contribution in [0.3, 0.4) is 0 Å².